The van der Waals surface area contributed by atoms with Gasteiger partial charge in [0.2, 0.25) is 11.9 Å². The lowest BCUT2D eigenvalue weighted by molar-refractivity contribution is -0.114. The molecule has 0 spiro atoms. The van der Waals surface area contributed by atoms with Crippen molar-refractivity contribution in [3.8, 4) is 0 Å². The minimum absolute atomic E-state index is 0.110. The third-order valence-electron chi connectivity index (χ3n) is 3.12. The third-order valence-corrected chi connectivity index (χ3v) is 3.12. The van der Waals surface area contributed by atoms with Crippen molar-refractivity contribution in [3.63, 3.8) is 0 Å². The molecule has 1 heterocycles. The number of nitrogens with zero attached hydrogens (tertiary/aromatic N) is 2. The molecule has 0 saturated carbocycles. The highest BCUT2D eigenvalue weighted by atomic mass is 16.5. The summed E-state index contributed by atoms with van der Waals surface area (Å²) < 4.78 is 5.03. The van der Waals surface area contributed by atoms with Crippen LogP contribution in [-0.2, 0) is 9.53 Å². The van der Waals surface area contributed by atoms with E-state index in [-0.39, 0.29) is 5.91 Å². The number of rotatable bonds is 8. The van der Waals surface area contributed by atoms with E-state index >= 15 is 0 Å². The number of carbonyl (C=O) groups excluding carboxylic acids is 1. The van der Waals surface area contributed by atoms with Crippen LogP contribution in [0.1, 0.15) is 19.0 Å². The first kappa shape index (κ1) is 17.7. The second-order valence-electron chi connectivity index (χ2n) is 5.38. The Morgan fingerprint density at radius 1 is 1.21 bits per heavy atom. The molecule has 2 aromatic rings. The number of anilines is 4. The van der Waals surface area contributed by atoms with Crippen molar-refractivity contribution in [2.24, 2.45) is 0 Å². The molecule has 1 amide bonds. The van der Waals surface area contributed by atoms with E-state index in [4.69, 9.17) is 4.74 Å². The first-order valence-corrected chi connectivity index (χ1v) is 7.80. The Labute approximate surface area is 141 Å². The van der Waals surface area contributed by atoms with Gasteiger partial charge in [-0.1, -0.05) is 6.07 Å². The van der Waals surface area contributed by atoms with E-state index in [0.29, 0.717) is 12.6 Å². The maximum Gasteiger partial charge on any atom is 0.229 e. The maximum absolute atomic E-state index is 11.1. The minimum atomic E-state index is -0.110. The lowest BCUT2D eigenvalue weighted by Gasteiger charge is -2.11. The second kappa shape index (κ2) is 8.83. The molecule has 0 atom stereocenters. The summed E-state index contributed by atoms with van der Waals surface area (Å²) in [5.41, 5.74) is 2.38. The van der Waals surface area contributed by atoms with Crippen molar-refractivity contribution in [1.82, 2.24) is 9.97 Å². The number of hydrogen-bond donors (Lipinski definition) is 3. The predicted octanol–water partition coefficient (Wildman–Crippen LogP) is 2.94. The van der Waals surface area contributed by atoms with Gasteiger partial charge >= 0.3 is 0 Å². The van der Waals surface area contributed by atoms with E-state index in [0.717, 1.165) is 35.9 Å². The number of nitrogens with one attached hydrogen (secondary N) is 3. The van der Waals surface area contributed by atoms with Crippen molar-refractivity contribution in [2.75, 3.05) is 36.2 Å². The van der Waals surface area contributed by atoms with E-state index in [1.807, 2.05) is 37.3 Å². The Hall–Kier alpha value is -2.67. The summed E-state index contributed by atoms with van der Waals surface area (Å²) in [6, 6.07) is 9.30. The molecule has 7 nitrogen and oxygen atoms in total. The Morgan fingerprint density at radius 3 is 2.75 bits per heavy atom. The van der Waals surface area contributed by atoms with Crippen LogP contribution in [0.3, 0.4) is 0 Å². The zero-order chi connectivity index (χ0) is 17.4. The van der Waals surface area contributed by atoms with E-state index in [2.05, 4.69) is 25.9 Å². The molecule has 0 fully saturated rings. The number of hydrogen-bond acceptors (Lipinski definition) is 6. The van der Waals surface area contributed by atoms with Crippen molar-refractivity contribution < 1.29 is 9.53 Å². The molecule has 0 saturated heterocycles. The molecular weight excluding hydrogens is 306 g/mol. The zero-order valence-electron chi connectivity index (χ0n) is 14.2. The van der Waals surface area contributed by atoms with Gasteiger partial charge in [0.05, 0.1) is 0 Å². The monoisotopic (exact) mass is 329 g/mol. The van der Waals surface area contributed by atoms with Gasteiger partial charge in [-0.15, -0.1) is 0 Å². The summed E-state index contributed by atoms with van der Waals surface area (Å²) in [6.45, 7) is 4.88. The van der Waals surface area contributed by atoms with Crippen LogP contribution in [0, 0.1) is 6.92 Å². The van der Waals surface area contributed by atoms with Crippen molar-refractivity contribution >= 4 is 29.0 Å². The highest BCUT2D eigenvalue weighted by Crippen LogP contribution is 2.19. The molecule has 0 radical (unpaired) electrons. The number of amides is 1. The Morgan fingerprint density at radius 2 is 2.00 bits per heavy atom. The molecule has 2 rings (SSSR count). The fraction of sp³-hybridized carbons (Fsp3) is 0.353. The number of aryl methyl sites for hydroxylation is 1. The van der Waals surface area contributed by atoms with E-state index < -0.39 is 0 Å². The van der Waals surface area contributed by atoms with Gasteiger partial charge in [0.1, 0.15) is 5.82 Å². The molecule has 1 aromatic carbocycles. The smallest absolute Gasteiger partial charge is 0.229 e. The SMILES string of the molecule is COCCCNc1cc(C)nc(Nc2cccc(NC(C)=O)c2)n1. The van der Waals surface area contributed by atoms with Crippen molar-refractivity contribution in [3.05, 3.63) is 36.0 Å². The normalized spacial score (nSPS) is 10.3. The Bertz CT molecular complexity index is 690. The average Bonchev–Trinajstić information content (AvgIpc) is 2.51. The molecule has 0 bridgehead atoms. The number of carbonyl (C=O) groups is 1. The number of ether oxygens (including phenoxy) is 1. The van der Waals surface area contributed by atoms with Gasteiger partial charge < -0.3 is 20.7 Å². The van der Waals surface area contributed by atoms with Gasteiger partial charge in [0.15, 0.2) is 0 Å². The summed E-state index contributed by atoms with van der Waals surface area (Å²) in [5.74, 6) is 1.16. The van der Waals surface area contributed by atoms with Crippen LogP contribution in [-0.4, -0.2) is 36.1 Å². The molecule has 0 aliphatic carbocycles. The Kier molecular flexibility index (Phi) is 6.51. The topological polar surface area (TPSA) is 88.2 Å². The molecule has 128 valence electrons. The summed E-state index contributed by atoms with van der Waals surface area (Å²) in [7, 11) is 1.69. The predicted molar refractivity (Wildman–Crippen MR) is 95.8 cm³/mol. The summed E-state index contributed by atoms with van der Waals surface area (Å²) >= 11 is 0. The Balaban J connectivity index is 2.06. The maximum atomic E-state index is 11.1. The first-order valence-electron chi connectivity index (χ1n) is 7.80. The van der Waals surface area contributed by atoms with Crippen LogP contribution in [0.2, 0.25) is 0 Å². The number of methoxy groups -OCH3 is 1. The second-order valence-corrected chi connectivity index (χ2v) is 5.38. The van der Waals surface area contributed by atoms with Gasteiger partial charge in [-0.3, -0.25) is 4.79 Å². The van der Waals surface area contributed by atoms with E-state index in [1.54, 1.807) is 7.11 Å². The van der Waals surface area contributed by atoms with Gasteiger partial charge in [-0.05, 0) is 31.5 Å². The van der Waals surface area contributed by atoms with Crippen LogP contribution >= 0.6 is 0 Å². The zero-order valence-corrected chi connectivity index (χ0v) is 14.2. The molecule has 24 heavy (non-hydrogen) atoms. The highest BCUT2D eigenvalue weighted by molar-refractivity contribution is 5.89. The van der Waals surface area contributed by atoms with Crippen LogP contribution in [0.5, 0.6) is 0 Å². The number of aromatic nitrogens is 2. The fourth-order valence-electron chi connectivity index (χ4n) is 2.16. The molecular formula is C17H23N5O2. The van der Waals surface area contributed by atoms with Crippen LogP contribution in [0.15, 0.2) is 30.3 Å². The van der Waals surface area contributed by atoms with Gasteiger partial charge in [0.25, 0.3) is 0 Å². The standard InChI is InChI=1S/C17H23N5O2/c1-12-10-16(18-8-5-9-24-3)22-17(19-12)21-15-7-4-6-14(11-15)20-13(2)23/h4,6-7,10-11H,5,8-9H2,1-3H3,(H,20,23)(H2,18,19,21,22). The van der Waals surface area contributed by atoms with Crippen molar-refractivity contribution in [2.45, 2.75) is 20.3 Å². The molecule has 3 N–H and O–H groups in total. The molecule has 1 aromatic heterocycles. The summed E-state index contributed by atoms with van der Waals surface area (Å²) in [5, 5.41) is 9.17. The van der Waals surface area contributed by atoms with Gasteiger partial charge in [-0.2, -0.15) is 4.98 Å². The molecule has 0 unspecified atom stereocenters. The van der Waals surface area contributed by atoms with E-state index in [9.17, 15) is 4.79 Å². The average molecular weight is 329 g/mol. The van der Waals surface area contributed by atoms with Gasteiger partial charge in [-0.25, -0.2) is 4.98 Å². The first-order chi connectivity index (χ1) is 11.6. The van der Waals surface area contributed by atoms with Crippen LogP contribution in [0.4, 0.5) is 23.1 Å². The molecule has 7 heteroatoms. The minimum Gasteiger partial charge on any atom is -0.385 e. The summed E-state index contributed by atoms with van der Waals surface area (Å²) in [6.07, 6.45) is 0.904. The number of benzene rings is 1. The third kappa shape index (κ3) is 5.85. The lowest BCUT2D eigenvalue weighted by atomic mass is 10.2. The molecule has 0 aliphatic rings. The summed E-state index contributed by atoms with van der Waals surface area (Å²) in [4.78, 5) is 20.0. The quantitative estimate of drug-likeness (QED) is 0.645. The lowest BCUT2D eigenvalue weighted by Crippen LogP contribution is -2.09. The highest BCUT2D eigenvalue weighted by Gasteiger charge is 2.04. The van der Waals surface area contributed by atoms with Crippen LogP contribution in [0.25, 0.3) is 0 Å². The largest absolute Gasteiger partial charge is 0.385 e. The van der Waals surface area contributed by atoms with Crippen molar-refractivity contribution in [1.29, 1.82) is 0 Å². The van der Waals surface area contributed by atoms with Crippen LogP contribution < -0.4 is 16.0 Å². The van der Waals surface area contributed by atoms with Gasteiger partial charge in [0, 0.05) is 50.3 Å². The van der Waals surface area contributed by atoms with E-state index in [1.165, 1.54) is 6.92 Å². The molecule has 0 aliphatic heterocycles. The fourth-order valence-corrected chi connectivity index (χ4v) is 2.16.